The average Bonchev–Trinajstić information content (AvgIpc) is 3.27. The summed E-state index contributed by atoms with van der Waals surface area (Å²) in [7, 11) is 3.07. The Morgan fingerprint density at radius 2 is 1.79 bits per heavy atom. The average molecular weight is 466 g/mol. The first-order valence-electron chi connectivity index (χ1n) is 9.85. The maximum Gasteiger partial charge on any atom is 0.234 e. The van der Waals surface area contributed by atoms with Crippen LogP contribution in [0.25, 0.3) is 17.1 Å². The van der Waals surface area contributed by atoms with E-state index in [4.69, 9.17) is 9.47 Å². The van der Waals surface area contributed by atoms with Crippen molar-refractivity contribution in [2.45, 2.75) is 5.16 Å². The van der Waals surface area contributed by atoms with Gasteiger partial charge in [0, 0.05) is 29.7 Å². The molecule has 168 valence electrons. The summed E-state index contributed by atoms with van der Waals surface area (Å²) in [6, 6.07) is 14.8. The third kappa shape index (κ3) is 5.12. The predicted octanol–water partition coefficient (Wildman–Crippen LogP) is 4.22. The first-order valence-corrected chi connectivity index (χ1v) is 10.8. The Balaban J connectivity index is 1.58. The van der Waals surface area contributed by atoms with Crippen LogP contribution in [0.1, 0.15) is 0 Å². The van der Waals surface area contributed by atoms with Gasteiger partial charge in [-0.05, 0) is 48.5 Å². The summed E-state index contributed by atoms with van der Waals surface area (Å²) in [6.07, 6.45) is 3.31. The first kappa shape index (κ1) is 22.3. The van der Waals surface area contributed by atoms with Crippen LogP contribution in [0.2, 0.25) is 0 Å². The van der Waals surface area contributed by atoms with E-state index < -0.39 is 0 Å². The maximum absolute atomic E-state index is 13.5. The van der Waals surface area contributed by atoms with Gasteiger partial charge in [-0.2, -0.15) is 0 Å². The molecule has 0 radical (unpaired) electrons. The van der Waals surface area contributed by atoms with Crippen LogP contribution in [0.4, 0.5) is 10.1 Å². The van der Waals surface area contributed by atoms with Crippen molar-refractivity contribution >= 4 is 23.4 Å². The van der Waals surface area contributed by atoms with Crippen LogP contribution in [-0.2, 0) is 4.79 Å². The van der Waals surface area contributed by atoms with Gasteiger partial charge in [-0.25, -0.2) is 4.39 Å². The van der Waals surface area contributed by atoms with Crippen LogP contribution in [0.5, 0.6) is 11.5 Å². The lowest BCUT2D eigenvalue weighted by molar-refractivity contribution is -0.113. The van der Waals surface area contributed by atoms with Crippen LogP contribution < -0.4 is 14.8 Å². The van der Waals surface area contributed by atoms with Crippen molar-refractivity contribution in [2.75, 3.05) is 25.3 Å². The van der Waals surface area contributed by atoms with E-state index in [-0.39, 0.29) is 17.5 Å². The normalized spacial score (nSPS) is 10.6. The van der Waals surface area contributed by atoms with Crippen molar-refractivity contribution in [1.82, 2.24) is 19.7 Å². The van der Waals surface area contributed by atoms with Gasteiger partial charge in [0.2, 0.25) is 5.91 Å². The molecule has 33 heavy (non-hydrogen) atoms. The molecule has 1 N–H and O–H groups in total. The van der Waals surface area contributed by atoms with Crippen molar-refractivity contribution in [3.63, 3.8) is 0 Å². The smallest absolute Gasteiger partial charge is 0.234 e. The topological polar surface area (TPSA) is 91.2 Å². The summed E-state index contributed by atoms with van der Waals surface area (Å²) in [5.41, 5.74) is 1.96. The molecule has 2 aromatic heterocycles. The number of nitrogens with zero attached hydrogens (tertiary/aromatic N) is 4. The van der Waals surface area contributed by atoms with E-state index in [1.165, 1.54) is 31.0 Å². The number of carbonyl (C=O) groups excluding carboxylic acids is 1. The number of aromatic nitrogens is 4. The molecule has 0 aliphatic heterocycles. The molecule has 4 rings (SSSR count). The minimum Gasteiger partial charge on any atom is -0.497 e. The summed E-state index contributed by atoms with van der Waals surface area (Å²) in [4.78, 5) is 16.7. The van der Waals surface area contributed by atoms with E-state index >= 15 is 0 Å². The van der Waals surface area contributed by atoms with Crippen LogP contribution in [0, 0.1) is 5.82 Å². The number of halogens is 1. The van der Waals surface area contributed by atoms with Gasteiger partial charge < -0.3 is 14.8 Å². The summed E-state index contributed by atoms with van der Waals surface area (Å²) >= 11 is 1.21. The van der Waals surface area contributed by atoms with Crippen molar-refractivity contribution < 1.29 is 18.7 Å². The van der Waals surface area contributed by atoms with Gasteiger partial charge in [0.1, 0.15) is 17.3 Å². The molecule has 0 aliphatic rings. The number of rotatable bonds is 8. The van der Waals surface area contributed by atoms with Gasteiger partial charge in [-0.15, -0.1) is 10.2 Å². The number of hydrogen-bond acceptors (Lipinski definition) is 7. The second-order valence-corrected chi connectivity index (χ2v) is 7.70. The third-order valence-electron chi connectivity index (χ3n) is 4.67. The van der Waals surface area contributed by atoms with Gasteiger partial charge >= 0.3 is 0 Å². The van der Waals surface area contributed by atoms with E-state index in [0.717, 1.165) is 5.56 Å². The molecule has 0 aliphatic carbocycles. The molecule has 4 aromatic rings. The van der Waals surface area contributed by atoms with E-state index in [9.17, 15) is 9.18 Å². The molecule has 8 nitrogen and oxygen atoms in total. The minimum absolute atomic E-state index is 0.0655. The largest absolute Gasteiger partial charge is 0.497 e. The number of methoxy groups -OCH3 is 2. The van der Waals surface area contributed by atoms with Crippen molar-refractivity contribution in [3.8, 4) is 28.6 Å². The van der Waals surface area contributed by atoms with Gasteiger partial charge in [-0.3, -0.25) is 14.3 Å². The number of pyridine rings is 1. The van der Waals surface area contributed by atoms with Crippen molar-refractivity contribution in [3.05, 3.63) is 72.8 Å². The number of nitrogens with one attached hydrogen (secondary N) is 1. The summed E-state index contributed by atoms with van der Waals surface area (Å²) in [6.45, 7) is 0. The Hall–Kier alpha value is -3.92. The van der Waals surface area contributed by atoms with Gasteiger partial charge in [-0.1, -0.05) is 11.8 Å². The highest BCUT2D eigenvalue weighted by Gasteiger charge is 2.18. The lowest BCUT2D eigenvalue weighted by atomic mass is 10.2. The van der Waals surface area contributed by atoms with E-state index in [1.807, 2.05) is 0 Å². The zero-order valence-corrected chi connectivity index (χ0v) is 18.7. The number of amides is 1. The van der Waals surface area contributed by atoms with E-state index in [2.05, 4.69) is 20.5 Å². The molecule has 2 aromatic carbocycles. The zero-order chi connectivity index (χ0) is 23.2. The van der Waals surface area contributed by atoms with Crippen molar-refractivity contribution in [2.24, 2.45) is 0 Å². The molecule has 0 bridgehead atoms. The molecular weight excluding hydrogens is 445 g/mol. The Morgan fingerprint density at radius 1 is 1.03 bits per heavy atom. The molecule has 2 heterocycles. The number of anilines is 1. The fourth-order valence-corrected chi connectivity index (χ4v) is 3.85. The van der Waals surface area contributed by atoms with Crippen LogP contribution in [-0.4, -0.2) is 45.6 Å². The molecule has 10 heteroatoms. The minimum atomic E-state index is -0.349. The van der Waals surface area contributed by atoms with Crippen LogP contribution in [0.3, 0.4) is 0 Å². The second kappa shape index (κ2) is 10.1. The molecule has 0 atom stereocenters. The maximum atomic E-state index is 13.5. The number of benzene rings is 2. The number of carbonyl (C=O) groups is 1. The Kier molecular flexibility index (Phi) is 6.84. The summed E-state index contributed by atoms with van der Waals surface area (Å²) < 4.78 is 25.8. The monoisotopic (exact) mass is 465 g/mol. The van der Waals surface area contributed by atoms with Gasteiger partial charge in [0.05, 0.1) is 25.7 Å². The molecular formula is C23H20FN5O3S. The number of hydrogen-bond donors (Lipinski definition) is 1. The van der Waals surface area contributed by atoms with E-state index in [1.54, 1.807) is 66.5 Å². The molecule has 0 saturated carbocycles. The van der Waals surface area contributed by atoms with E-state index in [0.29, 0.717) is 33.9 Å². The highest BCUT2D eigenvalue weighted by molar-refractivity contribution is 7.99. The summed E-state index contributed by atoms with van der Waals surface area (Å²) in [5, 5.41) is 11.9. The lowest BCUT2D eigenvalue weighted by Crippen LogP contribution is -2.15. The number of ether oxygens (including phenoxy) is 2. The van der Waals surface area contributed by atoms with Crippen LogP contribution in [0.15, 0.2) is 72.1 Å². The standard InChI is InChI=1S/C23H20FN5O3S/c1-31-18-7-8-20(32-2)19(13-18)26-21(30)14-33-23-28-27-22(15-9-11-25-12-10-15)29(23)17-5-3-16(24)4-6-17/h3-13H,14H2,1-2H3,(H,26,30). The highest BCUT2D eigenvalue weighted by atomic mass is 32.2. The second-order valence-electron chi connectivity index (χ2n) is 6.76. The molecule has 0 saturated heterocycles. The van der Waals surface area contributed by atoms with Gasteiger partial charge in [0.25, 0.3) is 0 Å². The molecule has 0 fully saturated rings. The lowest BCUT2D eigenvalue weighted by Gasteiger charge is -2.12. The quantitative estimate of drug-likeness (QED) is 0.390. The Bertz CT molecular complexity index is 1250. The molecule has 0 unspecified atom stereocenters. The summed E-state index contributed by atoms with van der Waals surface area (Å²) in [5.74, 6) is 1.13. The molecule has 0 spiro atoms. The van der Waals surface area contributed by atoms with Gasteiger partial charge in [0.15, 0.2) is 11.0 Å². The zero-order valence-electron chi connectivity index (χ0n) is 17.9. The highest BCUT2D eigenvalue weighted by Crippen LogP contribution is 2.30. The molecule has 1 amide bonds. The number of thioether (sulfide) groups is 1. The van der Waals surface area contributed by atoms with Crippen molar-refractivity contribution in [1.29, 1.82) is 0 Å². The Labute approximate surface area is 193 Å². The fourth-order valence-electron chi connectivity index (χ4n) is 3.10. The SMILES string of the molecule is COc1ccc(OC)c(NC(=O)CSc2nnc(-c3ccncc3)n2-c2ccc(F)cc2)c1. The predicted molar refractivity (Wildman–Crippen MR) is 123 cm³/mol. The first-order chi connectivity index (χ1) is 16.1. The van der Waals surface area contributed by atoms with Crippen LogP contribution >= 0.6 is 11.8 Å². The Morgan fingerprint density at radius 3 is 2.48 bits per heavy atom. The fraction of sp³-hybridized carbons (Fsp3) is 0.130. The third-order valence-corrected chi connectivity index (χ3v) is 5.60.